The van der Waals surface area contributed by atoms with E-state index in [2.05, 4.69) is 59.0 Å². The molecule has 0 rings (SSSR count). The molecule has 2 nitrogen and oxygen atoms in total. The van der Waals surface area contributed by atoms with Gasteiger partial charge in [0.15, 0.2) is 0 Å². The second kappa shape index (κ2) is 6.99. The second-order valence-corrected chi connectivity index (χ2v) is 11.5. The van der Waals surface area contributed by atoms with E-state index in [4.69, 9.17) is 0 Å². The molecule has 0 heterocycles. The largest absolute Gasteiger partial charge is 0.298 e. The molecule has 0 bridgehead atoms. The topological polar surface area (TPSA) is 34.1 Å². The SMILES string of the molecule is CC(CC(=O)C(C)(C)I)C(C)CC(=O)C(C)(C)I. The summed E-state index contributed by atoms with van der Waals surface area (Å²) in [7, 11) is 0. The van der Waals surface area contributed by atoms with Crippen LogP contribution >= 0.6 is 45.2 Å². The highest BCUT2D eigenvalue weighted by Crippen LogP contribution is 2.29. The van der Waals surface area contributed by atoms with Crippen molar-refractivity contribution in [2.24, 2.45) is 11.8 Å². The van der Waals surface area contributed by atoms with Crippen LogP contribution in [0.25, 0.3) is 0 Å². The van der Waals surface area contributed by atoms with Crippen LogP contribution < -0.4 is 0 Å². The van der Waals surface area contributed by atoms with Crippen LogP contribution in [0.2, 0.25) is 0 Å². The minimum absolute atomic E-state index is 0.259. The molecule has 0 aromatic rings. The van der Waals surface area contributed by atoms with E-state index in [9.17, 15) is 9.59 Å². The minimum atomic E-state index is -0.307. The Bertz CT molecular complexity index is 279. The third kappa shape index (κ3) is 6.82. The highest BCUT2D eigenvalue weighted by Gasteiger charge is 2.30. The van der Waals surface area contributed by atoms with E-state index in [0.29, 0.717) is 12.8 Å². The molecule has 0 saturated carbocycles. The van der Waals surface area contributed by atoms with Crippen molar-refractivity contribution >= 4 is 56.7 Å². The summed E-state index contributed by atoms with van der Waals surface area (Å²) < 4.78 is -0.615. The first-order valence-corrected chi connectivity index (χ1v) is 8.46. The summed E-state index contributed by atoms with van der Waals surface area (Å²) >= 11 is 4.36. The fraction of sp³-hybridized carbons (Fsp3) is 0.857. The van der Waals surface area contributed by atoms with Crippen molar-refractivity contribution in [3.63, 3.8) is 0 Å². The maximum atomic E-state index is 12.0. The molecule has 0 aliphatic heterocycles. The first-order valence-electron chi connectivity index (χ1n) is 6.30. The predicted molar refractivity (Wildman–Crippen MR) is 93.8 cm³/mol. The number of hydrogen-bond donors (Lipinski definition) is 0. The van der Waals surface area contributed by atoms with Gasteiger partial charge in [-0.05, 0) is 39.5 Å². The summed E-state index contributed by atoms with van der Waals surface area (Å²) in [6.07, 6.45) is 1.12. The van der Waals surface area contributed by atoms with Crippen molar-refractivity contribution in [1.82, 2.24) is 0 Å². The van der Waals surface area contributed by atoms with E-state index in [0.717, 1.165) is 0 Å². The molecule has 2 unspecified atom stereocenters. The van der Waals surface area contributed by atoms with Gasteiger partial charge in [-0.25, -0.2) is 0 Å². The number of halogens is 2. The molecule has 0 fully saturated rings. The van der Waals surface area contributed by atoms with E-state index in [1.165, 1.54) is 0 Å². The lowest BCUT2D eigenvalue weighted by Gasteiger charge is -2.24. The Morgan fingerprint density at radius 1 is 0.833 bits per heavy atom. The molecule has 4 heteroatoms. The molecule has 106 valence electrons. The molecule has 2 atom stereocenters. The molecule has 0 radical (unpaired) electrons. The summed E-state index contributed by atoms with van der Waals surface area (Å²) in [6.45, 7) is 11.9. The molecule has 0 aromatic heterocycles. The van der Waals surface area contributed by atoms with Crippen LogP contribution in [-0.4, -0.2) is 18.4 Å². The van der Waals surface area contributed by atoms with Gasteiger partial charge >= 0.3 is 0 Å². The number of carbonyl (C=O) groups excluding carboxylic acids is 2. The van der Waals surface area contributed by atoms with E-state index >= 15 is 0 Å². The summed E-state index contributed by atoms with van der Waals surface area (Å²) in [6, 6.07) is 0. The van der Waals surface area contributed by atoms with Gasteiger partial charge in [0.1, 0.15) is 11.6 Å². The van der Waals surface area contributed by atoms with Crippen molar-refractivity contribution in [2.45, 2.75) is 61.2 Å². The van der Waals surface area contributed by atoms with E-state index in [1.807, 2.05) is 27.7 Å². The Labute approximate surface area is 138 Å². The summed E-state index contributed by atoms with van der Waals surface area (Å²) in [5, 5.41) is 0. The first kappa shape index (κ1) is 18.8. The fourth-order valence-electron chi connectivity index (χ4n) is 1.47. The lowest BCUT2D eigenvalue weighted by Crippen LogP contribution is -2.30. The van der Waals surface area contributed by atoms with Gasteiger partial charge < -0.3 is 0 Å². The average Bonchev–Trinajstić information content (AvgIpc) is 2.14. The number of hydrogen-bond acceptors (Lipinski definition) is 2. The second-order valence-electron chi connectivity index (χ2n) is 6.15. The minimum Gasteiger partial charge on any atom is -0.298 e. The van der Waals surface area contributed by atoms with Crippen LogP contribution in [0, 0.1) is 11.8 Å². The van der Waals surface area contributed by atoms with E-state index < -0.39 is 0 Å². The van der Waals surface area contributed by atoms with Crippen LogP contribution in [0.3, 0.4) is 0 Å². The van der Waals surface area contributed by atoms with Gasteiger partial charge in [-0.1, -0.05) is 59.0 Å². The van der Waals surface area contributed by atoms with E-state index in [1.54, 1.807) is 0 Å². The summed E-state index contributed by atoms with van der Waals surface area (Å²) in [4.78, 5) is 23.9. The number of ketones is 2. The normalized spacial score (nSPS) is 16.2. The van der Waals surface area contributed by atoms with Crippen LogP contribution in [0.15, 0.2) is 0 Å². The maximum absolute atomic E-state index is 12.0. The Hall–Kier alpha value is 0.800. The van der Waals surface area contributed by atoms with E-state index in [-0.39, 0.29) is 30.2 Å². The zero-order valence-corrected chi connectivity index (χ0v) is 16.5. The molecule has 0 N–H and O–H groups in total. The number of alkyl halides is 2. The van der Waals surface area contributed by atoms with Gasteiger partial charge in [0.2, 0.25) is 0 Å². The monoisotopic (exact) mass is 478 g/mol. The quantitative estimate of drug-likeness (QED) is 0.396. The molecule has 0 aliphatic rings. The van der Waals surface area contributed by atoms with Gasteiger partial charge in [0.05, 0.1) is 6.84 Å². The molecule has 18 heavy (non-hydrogen) atoms. The maximum Gasteiger partial charge on any atom is 0.148 e. The number of rotatable bonds is 7. The first-order chi connectivity index (χ1) is 7.85. The zero-order valence-electron chi connectivity index (χ0n) is 12.1. The Morgan fingerprint density at radius 3 is 1.22 bits per heavy atom. The number of Topliss-reactive ketones (excluding diaryl/α,β-unsaturated/α-hetero) is 2. The lowest BCUT2D eigenvalue weighted by atomic mass is 9.84. The smallest absolute Gasteiger partial charge is 0.148 e. The molecule has 0 saturated heterocycles. The molecule has 0 spiro atoms. The third-order valence-electron chi connectivity index (χ3n) is 3.31. The van der Waals surface area contributed by atoms with Gasteiger partial charge in [0.25, 0.3) is 0 Å². The Balaban J connectivity index is 4.41. The Morgan fingerprint density at radius 2 is 1.06 bits per heavy atom. The van der Waals surface area contributed by atoms with Crippen LogP contribution in [0.4, 0.5) is 0 Å². The third-order valence-corrected chi connectivity index (χ3v) is 4.52. The van der Waals surface area contributed by atoms with Gasteiger partial charge in [-0.15, -0.1) is 0 Å². The van der Waals surface area contributed by atoms with Crippen molar-refractivity contribution in [3.8, 4) is 0 Å². The molecule has 0 aliphatic carbocycles. The highest BCUT2D eigenvalue weighted by atomic mass is 127. The van der Waals surface area contributed by atoms with Gasteiger partial charge in [-0.2, -0.15) is 0 Å². The van der Waals surface area contributed by atoms with Crippen molar-refractivity contribution < 1.29 is 9.59 Å². The zero-order chi connectivity index (χ0) is 14.7. The summed E-state index contributed by atoms with van der Waals surface area (Å²) in [5.41, 5.74) is 0. The molecular formula is C14H24I2O2. The average molecular weight is 478 g/mol. The lowest BCUT2D eigenvalue weighted by molar-refractivity contribution is -0.123. The Kier molecular flexibility index (Phi) is 7.31. The van der Waals surface area contributed by atoms with Crippen molar-refractivity contribution in [2.75, 3.05) is 0 Å². The molecular weight excluding hydrogens is 454 g/mol. The number of carbonyl (C=O) groups is 2. The molecule has 0 amide bonds. The fourth-order valence-corrected chi connectivity index (χ4v) is 1.91. The highest BCUT2D eigenvalue weighted by molar-refractivity contribution is 14.1. The van der Waals surface area contributed by atoms with Crippen molar-refractivity contribution in [1.29, 1.82) is 0 Å². The standard InChI is InChI=1S/C14H24I2O2/c1-9(7-11(17)13(3,4)15)10(2)8-12(18)14(5,6)16/h9-10H,7-8H2,1-6H3. The summed E-state index contributed by atoms with van der Waals surface area (Å²) in [5.74, 6) is 1.05. The molecule has 0 aromatic carbocycles. The van der Waals surface area contributed by atoms with Crippen LogP contribution in [0.5, 0.6) is 0 Å². The van der Waals surface area contributed by atoms with Crippen LogP contribution in [-0.2, 0) is 9.59 Å². The van der Waals surface area contributed by atoms with Crippen molar-refractivity contribution in [3.05, 3.63) is 0 Å². The predicted octanol–water partition coefficient (Wildman–Crippen LogP) is 4.60. The van der Waals surface area contributed by atoms with Gasteiger partial charge in [-0.3, -0.25) is 9.59 Å². The van der Waals surface area contributed by atoms with Gasteiger partial charge in [0, 0.05) is 12.8 Å². The van der Waals surface area contributed by atoms with Crippen LogP contribution in [0.1, 0.15) is 54.4 Å².